The normalized spacial score (nSPS) is 21.8. The Morgan fingerprint density at radius 2 is 2.00 bits per heavy atom. The maximum absolute atomic E-state index is 5.22. The molecule has 1 unspecified atom stereocenters. The first-order chi connectivity index (χ1) is 10.2. The molecule has 2 rings (SSSR count). The number of nitrogens with one attached hydrogen (secondary N) is 1. The fourth-order valence-corrected chi connectivity index (χ4v) is 3.20. The van der Waals surface area contributed by atoms with Crippen molar-refractivity contribution in [2.45, 2.75) is 51.6 Å². The lowest BCUT2D eigenvalue weighted by atomic mass is 10.0. The Labute approximate surface area is 129 Å². The summed E-state index contributed by atoms with van der Waals surface area (Å²) < 4.78 is 5.22. The summed E-state index contributed by atoms with van der Waals surface area (Å²) in [6, 6.07) is 9.46. The van der Waals surface area contributed by atoms with Crippen LogP contribution in [0.4, 0.5) is 0 Å². The highest BCUT2D eigenvalue weighted by Crippen LogP contribution is 2.20. The SMILES string of the molecule is CCCN1CCCC(N[C@H](C)c2ccc(OC)cc2)CC1. The molecule has 118 valence electrons. The lowest BCUT2D eigenvalue weighted by Gasteiger charge is -2.23. The number of methoxy groups -OCH3 is 1. The Kier molecular flexibility index (Phi) is 6.52. The molecule has 0 amide bonds. The first-order valence-electron chi connectivity index (χ1n) is 8.35. The molecule has 0 spiro atoms. The number of ether oxygens (including phenoxy) is 1. The van der Waals surface area contributed by atoms with E-state index in [4.69, 9.17) is 4.74 Å². The largest absolute Gasteiger partial charge is 0.497 e. The van der Waals surface area contributed by atoms with E-state index in [2.05, 4.69) is 36.2 Å². The van der Waals surface area contributed by atoms with Gasteiger partial charge in [-0.05, 0) is 69.9 Å². The zero-order chi connectivity index (χ0) is 15.1. The fraction of sp³-hybridized carbons (Fsp3) is 0.667. The van der Waals surface area contributed by atoms with Crippen LogP contribution >= 0.6 is 0 Å². The molecule has 1 aromatic rings. The number of benzene rings is 1. The molecular weight excluding hydrogens is 260 g/mol. The molecule has 1 saturated heterocycles. The second-order valence-corrected chi connectivity index (χ2v) is 6.13. The predicted octanol–water partition coefficient (Wildman–Crippen LogP) is 3.61. The number of hydrogen-bond donors (Lipinski definition) is 1. The van der Waals surface area contributed by atoms with Gasteiger partial charge < -0.3 is 15.0 Å². The molecule has 0 aromatic heterocycles. The second-order valence-electron chi connectivity index (χ2n) is 6.13. The Bertz CT molecular complexity index is 404. The molecule has 3 nitrogen and oxygen atoms in total. The monoisotopic (exact) mass is 290 g/mol. The van der Waals surface area contributed by atoms with Crippen molar-refractivity contribution in [2.75, 3.05) is 26.7 Å². The van der Waals surface area contributed by atoms with E-state index in [-0.39, 0.29) is 0 Å². The van der Waals surface area contributed by atoms with Gasteiger partial charge in [-0.3, -0.25) is 0 Å². The summed E-state index contributed by atoms with van der Waals surface area (Å²) in [7, 11) is 1.71. The lowest BCUT2D eigenvalue weighted by molar-refractivity contribution is 0.281. The summed E-state index contributed by atoms with van der Waals surface area (Å²) in [5, 5.41) is 3.81. The van der Waals surface area contributed by atoms with Crippen molar-refractivity contribution in [3.63, 3.8) is 0 Å². The third kappa shape index (κ3) is 5.01. The van der Waals surface area contributed by atoms with Gasteiger partial charge >= 0.3 is 0 Å². The van der Waals surface area contributed by atoms with Crippen molar-refractivity contribution in [1.82, 2.24) is 10.2 Å². The van der Waals surface area contributed by atoms with Gasteiger partial charge in [0.25, 0.3) is 0 Å². The van der Waals surface area contributed by atoms with Crippen LogP contribution in [0.15, 0.2) is 24.3 Å². The fourth-order valence-electron chi connectivity index (χ4n) is 3.20. The van der Waals surface area contributed by atoms with Gasteiger partial charge in [0.15, 0.2) is 0 Å². The van der Waals surface area contributed by atoms with Crippen LogP contribution < -0.4 is 10.1 Å². The average molecular weight is 290 g/mol. The van der Waals surface area contributed by atoms with Crippen LogP contribution in [0.5, 0.6) is 5.75 Å². The molecule has 0 radical (unpaired) electrons. The molecule has 1 N–H and O–H groups in total. The molecule has 0 saturated carbocycles. The van der Waals surface area contributed by atoms with Gasteiger partial charge in [-0.2, -0.15) is 0 Å². The van der Waals surface area contributed by atoms with Crippen LogP contribution in [0.3, 0.4) is 0 Å². The van der Waals surface area contributed by atoms with Crippen molar-refractivity contribution in [1.29, 1.82) is 0 Å². The van der Waals surface area contributed by atoms with Crippen LogP contribution in [-0.2, 0) is 0 Å². The minimum absolute atomic E-state index is 0.402. The van der Waals surface area contributed by atoms with Crippen LogP contribution in [0, 0.1) is 0 Å². The molecule has 1 fully saturated rings. The van der Waals surface area contributed by atoms with Gasteiger partial charge in [0.05, 0.1) is 7.11 Å². The summed E-state index contributed by atoms with van der Waals surface area (Å²) in [5.41, 5.74) is 1.34. The smallest absolute Gasteiger partial charge is 0.118 e. The molecule has 1 aliphatic heterocycles. The Morgan fingerprint density at radius 3 is 2.67 bits per heavy atom. The molecule has 1 aliphatic rings. The Hall–Kier alpha value is -1.06. The van der Waals surface area contributed by atoms with Crippen molar-refractivity contribution in [3.8, 4) is 5.75 Å². The summed E-state index contributed by atoms with van der Waals surface area (Å²) in [6.45, 7) is 8.29. The lowest BCUT2D eigenvalue weighted by Crippen LogP contribution is -2.33. The van der Waals surface area contributed by atoms with Gasteiger partial charge in [0.1, 0.15) is 5.75 Å². The number of nitrogens with zero attached hydrogens (tertiary/aromatic N) is 1. The molecule has 0 bridgehead atoms. The van der Waals surface area contributed by atoms with Gasteiger partial charge in [-0.15, -0.1) is 0 Å². The maximum atomic E-state index is 5.22. The van der Waals surface area contributed by atoms with Crippen molar-refractivity contribution in [2.24, 2.45) is 0 Å². The second kappa shape index (κ2) is 8.40. The van der Waals surface area contributed by atoms with Crippen LogP contribution in [-0.4, -0.2) is 37.7 Å². The molecule has 21 heavy (non-hydrogen) atoms. The first kappa shape index (κ1) is 16.3. The van der Waals surface area contributed by atoms with E-state index in [1.807, 2.05) is 12.1 Å². The molecule has 2 atom stereocenters. The zero-order valence-electron chi connectivity index (χ0n) is 13.8. The summed E-state index contributed by atoms with van der Waals surface area (Å²) in [6.07, 6.45) is 5.13. The van der Waals surface area contributed by atoms with E-state index in [1.54, 1.807) is 7.11 Å². The standard InChI is InChI=1S/C18H30N2O/c1-4-12-20-13-5-6-17(11-14-20)19-15(2)16-7-9-18(21-3)10-8-16/h7-10,15,17,19H,4-6,11-14H2,1-3H3/t15-,17?/m1/s1. The molecule has 3 heteroatoms. The quantitative estimate of drug-likeness (QED) is 0.866. The predicted molar refractivity (Wildman–Crippen MR) is 88.9 cm³/mol. The highest BCUT2D eigenvalue weighted by molar-refractivity contribution is 5.28. The highest BCUT2D eigenvalue weighted by atomic mass is 16.5. The van der Waals surface area contributed by atoms with Gasteiger partial charge in [-0.1, -0.05) is 19.1 Å². The molecule has 1 heterocycles. The molecular formula is C18H30N2O. The summed E-state index contributed by atoms with van der Waals surface area (Å²) >= 11 is 0. The van der Waals surface area contributed by atoms with Gasteiger partial charge in [0.2, 0.25) is 0 Å². The van der Waals surface area contributed by atoms with Crippen molar-refractivity contribution < 1.29 is 4.74 Å². The Morgan fingerprint density at radius 1 is 1.24 bits per heavy atom. The number of likely N-dealkylation sites (tertiary alicyclic amines) is 1. The van der Waals surface area contributed by atoms with E-state index >= 15 is 0 Å². The van der Waals surface area contributed by atoms with Crippen LogP contribution in [0.2, 0.25) is 0 Å². The van der Waals surface area contributed by atoms with Crippen molar-refractivity contribution in [3.05, 3.63) is 29.8 Å². The number of rotatable bonds is 6. The van der Waals surface area contributed by atoms with E-state index in [1.165, 1.54) is 50.9 Å². The third-order valence-electron chi connectivity index (χ3n) is 4.46. The summed E-state index contributed by atoms with van der Waals surface area (Å²) in [5.74, 6) is 0.927. The molecule has 0 aliphatic carbocycles. The third-order valence-corrected chi connectivity index (χ3v) is 4.46. The average Bonchev–Trinajstić information content (AvgIpc) is 2.73. The van der Waals surface area contributed by atoms with E-state index in [0.29, 0.717) is 12.1 Å². The Balaban J connectivity index is 1.85. The minimum Gasteiger partial charge on any atom is -0.497 e. The van der Waals surface area contributed by atoms with E-state index in [0.717, 1.165) is 5.75 Å². The van der Waals surface area contributed by atoms with Crippen LogP contribution in [0.1, 0.15) is 51.1 Å². The zero-order valence-corrected chi connectivity index (χ0v) is 13.8. The van der Waals surface area contributed by atoms with Crippen LogP contribution in [0.25, 0.3) is 0 Å². The first-order valence-corrected chi connectivity index (χ1v) is 8.35. The summed E-state index contributed by atoms with van der Waals surface area (Å²) in [4.78, 5) is 2.61. The van der Waals surface area contributed by atoms with Gasteiger partial charge in [0, 0.05) is 12.1 Å². The maximum Gasteiger partial charge on any atom is 0.118 e. The molecule has 1 aromatic carbocycles. The number of hydrogen-bond acceptors (Lipinski definition) is 3. The topological polar surface area (TPSA) is 24.5 Å². The minimum atomic E-state index is 0.402. The van der Waals surface area contributed by atoms with E-state index in [9.17, 15) is 0 Å². The van der Waals surface area contributed by atoms with Crippen molar-refractivity contribution >= 4 is 0 Å². The highest BCUT2D eigenvalue weighted by Gasteiger charge is 2.18. The van der Waals surface area contributed by atoms with E-state index < -0.39 is 0 Å². The van der Waals surface area contributed by atoms with Gasteiger partial charge in [-0.25, -0.2) is 0 Å².